The average molecular weight is 354 g/mol. The number of rotatable bonds is 4. The van der Waals surface area contributed by atoms with Gasteiger partial charge < -0.3 is 20.8 Å². The first-order chi connectivity index (χ1) is 12.0. The molecule has 4 N–H and O–H groups in total. The van der Waals surface area contributed by atoms with Crippen LogP contribution in [0.2, 0.25) is 0 Å². The van der Waals surface area contributed by atoms with Crippen LogP contribution in [0.4, 0.5) is 11.4 Å². The minimum atomic E-state index is -0.423. The molecule has 2 aromatic carbocycles. The fraction of sp³-hybridized carbons (Fsp3) is 0. The Balaban J connectivity index is 1.71. The molecule has 0 atom stereocenters. The molecule has 0 spiro atoms. The third-order valence-electron chi connectivity index (χ3n) is 3.36. The van der Waals surface area contributed by atoms with Crippen LogP contribution in [0.3, 0.4) is 0 Å². The van der Waals surface area contributed by atoms with Gasteiger partial charge in [-0.2, -0.15) is 0 Å². The third-order valence-corrected chi connectivity index (χ3v) is 4.44. The van der Waals surface area contributed by atoms with Crippen molar-refractivity contribution in [3.05, 3.63) is 70.4 Å². The van der Waals surface area contributed by atoms with Gasteiger partial charge in [0.2, 0.25) is 0 Å². The Bertz CT molecular complexity index is 862. The molecule has 7 heteroatoms. The van der Waals surface area contributed by atoms with Gasteiger partial charge in [-0.15, -0.1) is 11.3 Å². The number of benzene rings is 2. The molecule has 0 saturated carbocycles. The van der Waals surface area contributed by atoms with E-state index < -0.39 is 11.8 Å². The molecule has 0 unspecified atom stereocenters. The topological polar surface area (TPSA) is 98.7 Å². The highest BCUT2D eigenvalue weighted by molar-refractivity contribution is 7.16. The number of carbonyl (C=O) groups is 2. The maximum atomic E-state index is 12.2. The zero-order valence-corrected chi connectivity index (χ0v) is 13.7. The van der Waals surface area contributed by atoms with Gasteiger partial charge in [-0.25, -0.2) is 0 Å². The second-order valence-electron chi connectivity index (χ2n) is 5.11. The van der Waals surface area contributed by atoms with Gasteiger partial charge in [0.05, 0.1) is 21.1 Å². The van der Waals surface area contributed by atoms with E-state index in [-0.39, 0.29) is 11.5 Å². The van der Waals surface area contributed by atoms with Crippen molar-refractivity contribution in [2.75, 3.05) is 10.6 Å². The SMILES string of the molecule is O=C(Nc1ccccc1O)c1ccc(C(=O)Nc2ccccc2O)s1. The highest BCUT2D eigenvalue weighted by Crippen LogP contribution is 2.26. The number of hydrogen-bond acceptors (Lipinski definition) is 5. The molecule has 0 bridgehead atoms. The minimum Gasteiger partial charge on any atom is -0.506 e. The number of nitrogens with one attached hydrogen (secondary N) is 2. The second kappa shape index (κ2) is 7.06. The number of phenols is 2. The zero-order valence-electron chi connectivity index (χ0n) is 12.9. The Labute approximate surface area is 147 Å². The fourth-order valence-corrected chi connectivity index (χ4v) is 2.91. The van der Waals surface area contributed by atoms with Crippen LogP contribution in [-0.4, -0.2) is 22.0 Å². The fourth-order valence-electron chi connectivity index (χ4n) is 2.11. The Hall–Kier alpha value is -3.32. The summed E-state index contributed by atoms with van der Waals surface area (Å²) >= 11 is 1.01. The van der Waals surface area contributed by atoms with E-state index in [2.05, 4.69) is 10.6 Å². The quantitative estimate of drug-likeness (QED) is 0.537. The van der Waals surface area contributed by atoms with E-state index in [1.807, 2.05) is 0 Å². The molecule has 1 aromatic heterocycles. The summed E-state index contributed by atoms with van der Waals surface area (Å²) in [6.45, 7) is 0. The van der Waals surface area contributed by atoms with Gasteiger partial charge in [-0.1, -0.05) is 24.3 Å². The van der Waals surface area contributed by atoms with Crippen molar-refractivity contribution in [2.45, 2.75) is 0 Å². The highest BCUT2D eigenvalue weighted by atomic mass is 32.1. The van der Waals surface area contributed by atoms with Crippen LogP contribution in [0.15, 0.2) is 60.7 Å². The van der Waals surface area contributed by atoms with Crippen molar-refractivity contribution in [1.82, 2.24) is 0 Å². The standard InChI is InChI=1S/C18H14N2O4S/c21-13-7-3-1-5-11(13)19-17(23)15-9-10-16(25-15)18(24)20-12-6-2-4-8-14(12)22/h1-10,21-22H,(H,19,23)(H,20,24). The first kappa shape index (κ1) is 16.5. The van der Waals surface area contributed by atoms with Gasteiger partial charge in [-0.05, 0) is 36.4 Å². The molecule has 0 aliphatic carbocycles. The van der Waals surface area contributed by atoms with E-state index in [9.17, 15) is 19.8 Å². The summed E-state index contributed by atoms with van der Waals surface area (Å²) in [4.78, 5) is 25.1. The van der Waals surface area contributed by atoms with Crippen LogP contribution >= 0.6 is 11.3 Å². The Morgan fingerprint density at radius 2 is 1.08 bits per heavy atom. The molecule has 0 fully saturated rings. The second-order valence-corrected chi connectivity index (χ2v) is 6.19. The molecule has 25 heavy (non-hydrogen) atoms. The Morgan fingerprint density at radius 3 is 1.48 bits per heavy atom. The molecule has 1 heterocycles. The number of para-hydroxylation sites is 4. The molecule has 6 nitrogen and oxygen atoms in total. The molecule has 2 amide bonds. The number of carbonyl (C=O) groups excluding carboxylic acids is 2. The zero-order chi connectivity index (χ0) is 17.8. The maximum Gasteiger partial charge on any atom is 0.265 e. The van der Waals surface area contributed by atoms with E-state index in [1.165, 1.54) is 24.3 Å². The number of amides is 2. The molecule has 0 aliphatic rings. The van der Waals surface area contributed by atoms with Crippen molar-refractivity contribution in [1.29, 1.82) is 0 Å². The van der Waals surface area contributed by atoms with Gasteiger partial charge in [0.25, 0.3) is 11.8 Å². The monoisotopic (exact) mass is 354 g/mol. The summed E-state index contributed by atoms with van der Waals surface area (Å²) in [5.41, 5.74) is 0.585. The summed E-state index contributed by atoms with van der Waals surface area (Å²) in [5.74, 6) is -0.920. The number of thiophene rings is 1. The number of phenolic OH excluding ortho intramolecular Hbond substituents is 2. The smallest absolute Gasteiger partial charge is 0.265 e. The summed E-state index contributed by atoms with van der Waals surface area (Å²) in [6.07, 6.45) is 0. The number of aromatic hydroxyl groups is 2. The minimum absolute atomic E-state index is 0.0371. The van der Waals surface area contributed by atoms with E-state index >= 15 is 0 Å². The molecule has 3 rings (SSSR count). The Kier molecular flexibility index (Phi) is 4.67. The van der Waals surface area contributed by atoms with Crippen LogP contribution in [0.1, 0.15) is 19.3 Å². The van der Waals surface area contributed by atoms with Gasteiger partial charge in [0.1, 0.15) is 11.5 Å². The Morgan fingerprint density at radius 1 is 0.680 bits per heavy atom. The first-order valence-corrected chi connectivity index (χ1v) is 8.15. The normalized spacial score (nSPS) is 10.2. The average Bonchev–Trinajstić information content (AvgIpc) is 3.09. The van der Waals surface area contributed by atoms with Crippen LogP contribution in [-0.2, 0) is 0 Å². The molecule has 0 aliphatic heterocycles. The van der Waals surface area contributed by atoms with Gasteiger partial charge in [-0.3, -0.25) is 9.59 Å². The van der Waals surface area contributed by atoms with E-state index in [1.54, 1.807) is 36.4 Å². The van der Waals surface area contributed by atoms with E-state index in [0.29, 0.717) is 21.1 Å². The molecular weight excluding hydrogens is 340 g/mol. The van der Waals surface area contributed by atoms with Crippen molar-refractivity contribution < 1.29 is 19.8 Å². The van der Waals surface area contributed by atoms with Gasteiger partial charge in [0.15, 0.2) is 0 Å². The largest absolute Gasteiger partial charge is 0.506 e. The first-order valence-electron chi connectivity index (χ1n) is 7.33. The molecule has 0 saturated heterocycles. The molecule has 3 aromatic rings. The summed E-state index contributed by atoms with van der Waals surface area (Å²) in [5, 5.41) is 24.6. The van der Waals surface area contributed by atoms with Gasteiger partial charge >= 0.3 is 0 Å². The lowest BCUT2D eigenvalue weighted by atomic mass is 10.3. The van der Waals surface area contributed by atoms with Crippen LogP contribution in [0.5, 0.6) is 11.5 Å². The number of hydrogen-bond donors (Lipinski definition) is 4. The van der Waals surface area contributed by atoms with Crippen molar-refractivity contribution >= 4 is 34.5 Å². The van der Waals surface area contributed by atoms with Gasteiger partial charge in [0, 0.05) is 0 Å². The predicted molar refractivity (Wildman–Crippen MR) is 96.4 cm³/mol. The van der Waals surface area contributed by atoms with Crippen LogP contribution in [0, 0.1) is 0 Å². The summed E-state index contributed by atoms with van der Waals surface area (Å²) in [6, 6.07) is 15.8. The predicted octanol–water partition coefficient (Wildman–Crippen LogP) is 3.66. The molecule has 0 radical (unpaired) electrons. The number of anilines is 2. The lowest BCUT2D eigenvalue weighted by molar-refractivity contribution is 0.102. The summed E-state index contributed by atoms with van der Waals surface area (Å²) < 4.78 is 0. The maximum absolute atomic E-state index is 12.2. The van der Waals surface area contributed by atoms with E-state index in [4.69, 9.17) is 0 Å². The summed E-state index contributed by atoms with van der Waals surface area (Å²) in [7, 11) is 0. The lowest BCUT2D eigenvalue weighted by Crippen LogP contribution is -2.11. The highest BCUT2D eigenvalue weighted by Gasteiger charge is 2.16. The molecule has 126 valence electrons. The molecular formula is C18H14N2O4S. The van der Waals surface area contributed by atoms with E-state index in [0.717, 1.165) is 11.3 Å². The lowest BCUT2D eigenvalue weighted by Gasteiger charge is -2.06. The van der Waals surface area contributed by atoms with Crippen LogP contribution in [0.25, 0.3) is 0 Å². The third kappa shape index (κ3) is 3.78. The van der Waals surface area contributed by atoms with Crippen molar-refractivity contribution in [3.8, 4) is 11.5 Å². The van der Waals surface area contributed by atoms with Crippen LogP contribution < -0.4 is 10.6 Å². The van der Waals surface area contributed by atoms with Crippen molar-refractivity contribution in [2.24, 2.45) is 0 Å². The van der Waals surface area contributed by atoms with Crippen molar-refractivity contribution in [3.63, 3.8) is 0 Å².